The van der Waals surface area contributed by atoms with Gasteiger partial charge in [-0.3, -0.25) is 5.10 Å². The molecule has 0 aliphatic rings. The van der Waals surface area contributed by atoms with E-state index in [-0.39, 0.29) is 10.9 Å². The number of aromatic amines is 1. The minimum Gasteiger partial charge on any atom is -0.364 e. The highest BCUT2D eigenvalue weighted by Crippen LogP contribution is 2.15. The first-order chi connectivity index (χ1) is 7.63. The molecule has 0 fully saturated rings. The Bertz CT molecular complexity index is 558. The molecule has 0 radical (unpaired) electrons. The van der Waals surface area contributed by atoms with Gasteiger partial charge in [0.2, 0.25) is 15.0 Å². The first kappa shape index (κ1) is 10.8. The fourth-order valence-electron chi connectivity index (χ4n) is 1.31. The quantitative estimate of drug-likeness (QED) is 0.828. The molecule has 7 nitrogen and oxygen atoms in total. The average Bonchev–Trinajstić information content (AvgIpc) is 2.86. The van der Waals surface area contributed by atoms with Gasteiger partial charge in [0.25, 0.3) is 0 Å². The number of H-pyrrole nitrogens is 1. The molecule has 0 atom stereocenters. The Kier molecular flexibility index (Phi) is 2.73. The van der Waals surface area contributed by atoms with E-state index in [4.69, 9.17) is 4.52 Å². The summed E-state index contributed by atoms with van der Waals surface area (Å²) in [4.78, 5) is 3.62. The van der Waals surface area contributed by atoms with Crippen LogP contribution in [0.5, 0.6) is 0 Å². The van der Waals surface area contributed by atoms with Crippen LogP contribution in [0.25, 0.3) is 0 Å². The Hall–Kier alpha value is -1.70. The van der Waals surface area contributed by atoms with Gasteiger partial charge in [0.1, 0.15) is 12.6 Å². The van der Waals surface area contributed by atoms with Crippen molar-refractivity contribution >= 4 is 9.84 Å². The number of hydrogen-bond donors (Lipinski definition) is 1. The first-order valence-electron chi connectivity index (χ1n) is 4.63. The zero-order valence-corrected chi connectivity index (χ0v) is 9.36. The first-order valence-corrected chi connectivity index (χ1v) is 6.29. The second-order valence-electron chi connectivity index (χ2n) is 3.19. The zero-order valence-electron chi connectivity index (χ0n) is 8.54. The van der Waals surface area contributed by atoms with E-state index in [0.29, 0.717) is 17.7 Å². The van der Waals surface area contributed by atoms with E-state index < -0.39 is 9.84 Å². The molecule has 0 saturated carbocycles. The van der Waals surface area contributed by atoms with Gasteiger partial charge in [0.15, 0.2) is 0 Å². The van der Waals surface area contributed by atoms with Crippen molar-refractivity contribution in [2.45, 2.75) is 24.3 Å². The molecule has 16 heavy (non-hydrogen) atoms. The maximum Gasteiger partial charge on any atom is 0.243 e. The van der Waals surface area contributed by atoms with Gasteiger partial charge in [0.05, 0.1) is 11.4 Å². The second-order valence-corrected chi connectivity index (χ2v) is 5.09. The predicted molar refractivity (Wildman–Crippen MR) is 53.2 cm³/mol. The number of nitrogens with one attached hydrogen (secondary N) is 1. The fourth-order valence-corrected chi connectivity index (χ4v) is 2.49. The van der Waals surface area contributed by atoms with E-state index in [2.05, 4.69) is 20.3 Å². The van der Waals surface area contributed by atoms with E-state index in [0.717, 1.165) is 6.33 Å². The lowest BCUT2D eigenvalue weighted by molar-refractivity contribution is 0.412. The largest absolute Gasteiger partial charge is 0.364 e. The molecular formula is C8H10N4O3S. The number of nitrogens with zero attached hydrogens (tertiary/aromatic N) is 3. The normalized spacial score (nSPS) is 11.8. The molecule has 0 amide bonds. The number of sulfone groups is 1. The van der Waals surface area contributed by atoms with Gasteiger partial charge in [-0.1, -0.05) is 12.1 Å². The molecule has 0 spiro atoms. The van der Waals surface area contributed by atoms with Crippen molar-refractivity contribution in [2.24, 2.45) is 0 Å². The summed E-state index contributed by atoms with van der Waals surface area (Å²) >= 11 is 0. The zero-order chi connectivity index (χ0) is 11.6. The van der Waals surface area contributed by atoms with Crippen molar-refractivity contribution in [3.63, 3.8) is 0 Å². The Labute approximate surface area is 91.8 Å². The third-order valence-electron chi connectivity index (χ3n) is 2.10. The molecule has 2 aromatic rings. The number of aryl methyl sites for hydroxylation is 1. The topological polar surface area (TPSA) is 102 Å². The molecule has 2 rings (SSSR count). The van der Waals surface area contributed by atoms with Crippen LogP contribution >= 0.6 is 0 Å². The van der Waals surface area contributed by atoms with Gasteiger partial charge in [-0.15, -0.1) is 0 Å². The summed E-state index contributed by atoms with van der Waals surface area (Å²) in [6, 6.07) is 0. The Balaban J connectivity index is 2.29. The van der Waals surface area contributed by atoms with Gasteiger partial charge in [-0.05, 0) is 6.42 Å². The average molecular weight is 242 g/mol. The van der Waals surface area contributed by atoms with Gasteiger partial charge < -0.3 is 4.52 Å². The fraction of sp³-hybridized carbons (Fsp3) is 0.375. The Morgan fingerprint density at radius 1 is 1.50 bits per heavy atom. The van der Waals surface area contributed by atoms with E-state index in [1.807, 2.05) is 6.92 Å². The SMILES string of the molecule is CCc1nocc1CS(=O)(=O)c1ncn[nH]1. The van der Waals surface area contributed by atoms with Crippen molar-refractivity contribution in [3.05, 3.63) is 23.8 Å². The van der Waals surface area contributed by atoms with Gasteiger partial charge in [-0.25, -0.2) is 13.4 Å². The molecule has 0 bridgehead atoms. The predicted octanol–water partition coefficient (Wildman–Crippen LogP) is 0.329. The highest BCUT2D eigenvalue weighted by molar-refractivity contribution is 7.90. The highest BCUT2D eigenvalue weighted by Gasteiger charge is 2.21. The third kappa shape index (κ3) is 1.96. The van der Waals surface area contributed by atoms with Crippen molar-refractivity contribution in [1.29, 1.82) is 0 Å². The maximum absolute atomic E-state index is 11.8. The molecule has 86 valence electrons. The van der Waals surface area contributed by atoms with Gasteiger partial charge in [0, 0.05) is 5.56 Å². The lowest BCUT2D eigenvalue weighted by Gasteiger charge is -1.98. The molecule has 0 aliphatic carbocycles. The van der Waals surface area contributed by atoms with Crippen LogP contribution in [0.1, 0.15) is 18.2 Å². The van der Waals surface area contributed by atoms with Crippen molar-refractivity contribution < 1.29 is 12.9 Å². The summed E-state index contributed by atoms with van der Waals surface area (Å²) < 4.78 is 28.4. The summed E-state index contributed by atoms with van der Waals surface area (Å²) in [6.45, 7) is 1.88. The molecule has 0 aliphatic heterocycles. The molecule has 0 aromatic carbocycles. The van der Waals surface area contributed by atoms with E-state index in [1.165, 1.54) is 6.26 Å². The monoisotopic (exact) mass is 242 g/mol. The van der Waals surface area contributed by atoms with Crippen LogP contribution in [0.4, 0.5) is 0 Å². The summed E-state index contributed by atoms with van der Waals surface area (Å²) in [7, 11) is -3.50. The Morgan fingerprint density at radius 3 is 2.94 bits per heavy atom. The van der Waals surface area contributed by atoms with Crippen molar-refractivity contribution in [1.82, 2.24) is 20.3 Å². The second kappa shape index (κ2) is 4.05. The van der Waals surface area contributed by atoms with Crippen LogP contribution in [-0.2, 0) is 22.0 Å². The summed E-state index contributed by atoms with van der Waals surface area (Å²) in [6.07, 6.45) is 3.12. The summed E-state index contributed by atoms with van der Waals surface area (Å²) in [5.74, 6) is -0.186. The summed E-state index contributed by atoms with van der Waals surface area (Å²) in [5, 5.41) is 9.40. The Morgan fingerprint density at radius 2 is 2.31 bits per heavy atom. The molecule has 1 N–H and O–H groups in total. The molecule has 0 unspecified atom stereocenters. The van der Waals surface area contributed by atoms with Crippen LogP contribution in [0.3, 0.4) is 0 Å². The minimum atomic E-state index is -3.50. The highest BCUT2D eigenvalue weighted by atomic mass is 32.2. The standard InChI is InChI=1S/C8H10N4O3S/c1-2-7-6(3-15-12-7)4-16(13,14)8-9-5-10-11-8/h3,5H,2,4H2,1H3,(H,9,10,11). The molecule has 0 saturated heterocycles. The summed E-state index contributed by atoms with van der Waals surface area (Å²) in [5.41, 5.74) is 1.20. The smallest absolute Gasteiger partial charge is 0.243 e. The minimum absolute atomic E-state index is 0.143. The van der Waals surface area contributed by atoms with Crippen LogP contribution in [0, 0.1) is 0 Å². The maximum atomic E-state index is 11.8. The van der Waals surface area contributed by atoms with Crippen LogP contribution in [0.2, 0.25) is 0 Å². The molecule has 8 heteroatoms. The van der Waals surface area contributed by atoms with Crippen molar-refractivity contribution in [3.8, 4) is 0 Å². The van der Waals surface area contributed by atoms with Gasteiger partial charge >= 0.3 is 0 Å². The van der Waals surface area contributed by atoms with Crippen LogP contribution in [-0.4, -0.2) is 28.8 Å². The number of rotatable bonds is 4. The molecular weight excluding hydrogens is 232 g/mol. The third-order valence-corrected chi connectivity index (χ3v) is 3.57. The van der Waals surface area contributed by atoms with Gasteiger partial charge in [-0.2, -0.15) is 5.10 Å². The number of hydrogen-bond acceptors (Lipinski definition) is 6. The lowest BCUT2D eigenvalue weighted by atomic mass is 10.2. The molecule has 2 aromatic heterocycles. The van der Waals surface area contributed by atoms with Crippen LogP contribution < -0.4 is 0 Å². The lowest BCUT2D eigenvalue weighted by Crippen LogP contribution is -2.08. The van der Waals surface area contributed by atoms with E-state index in [1.54, 1.807) is 0 Å². The van der Waals surface area contributed by atoms with E-state index >= 15 is 0 Å². The van der Waals surface area contributed by atoms with Crippen LogP contribution in [0.15, 0.2) is 22.3 Å². The molecule has 2 heterocycles. The van der Waals surface area contributed by atoms with E-state index in [9.17, 15) is 8.42 Å². The number of aromatic nitrogens is 4. The van der Waals surface area contributed by atoms with Crippen molar-refractivity contribution in [2.75, 3.05) is 0 Å².